The molecule has 0 amide bonds. The van der Waals surface area contributed by atoms with Gasteiger partial charge in [-0.2, -0.15) is 11.8 Å². The van der Waals surface area contributed by atoms with Crippen LogP contribution >= 0.6 is 11.8 Å². The van der Waals surface area contributed by atoms with Gasteiger partial charge in [0.05, 0.1) is 13.0 Å². The molecule has 2 aromatic rings. The zero-order valence-electron chi connectivity index (χ0n) is 13.8. The van der Waals surface area contributed by atoms with Crippen LogP contribution in [0.25, 0.3) is 0 Å². The molecule has 124 valence electrons. The quantitative estimate of drug-likeness (QED) is 0.806. The van der Waals surface area contributed by atoms with Crippen LogP contribution in [0.4, 0.5) is 0 Å². The van der Waals surface area contributed by atoms with Crippen LogP contribution in [0.15, 0.2) is 34.7 Å². The zero-order chi connectivity index (χ0) is 15.9. The Labute approximate surface area is 142 Å². The second-order valence-electron chi connectivity index (χ2n) is 6.06. The lowest BCUT2D eigenvalue weighted by atomic mass is 10.2. The molecule has 1 aliphatic rings. The molecule has 0 radical (unpaired) electrons. The molecule has 0 bridgehead atoms. The Bertz CT molecular complexity index is 587. The van der Waals surface area contributed by atoms with Gasteiger partial charge in [-0.1, -0.05) is 43.7 Å². The van der Waals surface area contributed by atoms with E-state index in [4.69, 9.17) is 4.42 Å². The third kappa shape index (κ3) is 5.08. The Kier molecular flexibility index (Phi) is 6.11. The normalized spacial score (nSPS) is 19.6. The first-order chi connectivity index (χ1) is 11.3. The molecule has 1 aliphatic heterocycles. The Morgan fingerprint density at radius 1 is 1.17 bits per heavy atom. The van der Waals surface area contributed by atoms with E-state index in [2.05, 4.69) is 45.9 Å². The molecular weight excluding hydrogens is 306 g/mol. The van der Waals surface area contributed by atoms with Crippen molar-refractivity contribution in [2.24, 2.45) is 0 Å². The summed E-state index contributed by atoms with van der Waals surface area (Å²) >= 11 is 2.08. The molecule has 1 aromatic carbocycles. The largest absolute Gasteiger partial charge is 0.424 e. The summed E-state index contributed by atoms with van der Waals surface area (Å²) in [5.41, 5.74) is 1.21. The first-order valence-electron chi connectivity index (χ1n) is 8.52. The number of hydrogen-bond acceptors (Lipinski definition) is 5. The zero-order valence-corrected chi connectivity index (χ0v) is 14.6. The second kappa shape index (κ2) is 8.50. The topological polar surface area (TPSA) is 42.2 Å². The fourth-order valence-electron chi connectivity index (χ4n) is 3.08. The first kappa shape index (κ1) is 16.5. The summed E-state index contributed by atoms with van der Waals surface area (Å²) < 4.78 is 5.86. The average molecular weight is 331 g/mol. The van der Waals surface area contributed by atoms with Crippen molar-refractivity contribution in [2.45, 2.75) is 44.4 Å². The molecule has 1 fully saturated rings. The molecule has 0 N–H and O–H groups in total. The van der Waals surface area contributed by atoms with Crippen LogP contribution in [0, 0.1) is 0 Å². The predicted octanol–water partition coefficient (Wildman–Crippen LogP) is 3.77. The summed E-state index contributed by atoms with van der Waals surface area (Å²) in [5.74, 6) is 2.65. The van der Waals surface area contributed by atoms with E-state index in [0.717, 1.165) is 30.8 Å². The molecular formula is C18H25N3OS. The molecule has 1 saturated heterocycles. The fourth-order valence-corrected chi connectivity index (χ4v) is 4.20. The molecule has 0 saturated carbocycles. The molecule has 1 unspecified atom stereocenters. The van der Waals surface area contributed by atoms with Gasteiger partial charge in [0.25, 0.3) is 0 Å². The van der Waals surface area contributed by atoms with E-state index in [1.165, 1.54) is 30.6 Å². The lowest BCUT2D eigenvalue weighted by molar-refractivity contribution is 0.248. The van der Waals surface area contributed by atoms with Gasteiger partial charge in [-0.25, -0.2) is 0 Å². The molecule has 0 aliphatic carbocycles. The number of rotatable bonds is 6. The third-order valence-electron chi connectivity index (χ3n) is 4.18. The van der Waals surface area contributed by atoms with Gasteiger partial charge >= 0.3 is 0 Å². The molecule has 2 heterocycles. The van der Waals surface area contributed by atoms with Gasteiger partial charge < -0.3 is 4.42 Å². The first-order valence-corrected chi connectivity index (χ1v) is 9.57. The SMILES string of the molecule is CCSC1CCCCN(Cc2nnc(Cc3ccccc3)o2)C1. The average Bonchev–Trinajstić information content (AvgIpc) is 2.87. The highest BCUT2D eigenvalue weighted by molar-refractivity contribution is 7.99. The van der Waals surface area contributed by atoms with Gasteiger partial charge in [0.2, 0.25) is 11.8 Å². The lowest BCUT2D eigenvalue weighted by Gasteiger charge is -2.22. The number of aromatic nitrogens is 2. The highest BCUT2D eigenvalue weighted by Crippen LogP contribution is 2.23. The maximum atomic E-state index is 5.86. The maximum absolute atomic E-state index is 5.86. The minimum Gasteiger partial charge on any atom is -0.424 e. The molecule has 23 heavy (non-hydrogen) atoms. The van der Waals surface area contributed by atoms with Crippen molar-refractivity contribution in [3.8, 4) is 0 Å². The van der Waals surface area contributed by atoms with Crippen molar-refractivity contribution in [1.82, 2.24) is 15.1 Å². The minimum absolute atomic E-state index is 0.709. The molecule has 1 aromatic heterocycles. The van der Waals surface area contributed by atoms with Crippen LogP contribution < -0.4 is 0 Å². The summed E-state index contributed by atoms with van der Waals surface area (Å²) in [6, 6.07) is 10.3. The van der Waals surface area contributed by atoms with Crippen molar-refractivity contribution in [3.63, 3.8) is 0 Å². The Morgan fingerprint density at radius 2 is 2.00 bits per heavy atom. The fraction of sp³-hybridized carbons (Fsp3) is 0.556. The van der Waals surface area contributed by atoms with Crippen LogP contribution in [0.3, 0.4) is 0 Å². The molecule has 1 atom stereocenters. The number of hydrogen-bond donors (Lipinski definition) is 0. The lowest BCUT2D eigenvalue weighted by Crippen LogP contribution is -2.29. The highest BCUT2D eigenvalue weighted by atomic mass is 32.2. The van der Waals surface area contributed by atoms with Crippen LogP contribution in [0.2, 0.25) is 0 Å². The predicted molar refractivity (Wildman–Crippen MR) is 94.6 cm³/mol. The van der Waals surface area contributed by atoms with Gasteiger partial charge in [0.15, 0.2) is 0 Å². The van der Waals surface area contributed by atoms with Crippen molar-refractivity contribution < 1.29 is 4.42 Å². The summed E-state index contributed by atoms with van der Waals surface area (Å²) in [4.78, 5) is 2.47. The molecule has 3 rings (SSSR count). The van der Waals surface area contributed by atoms with E-state index >= 15 is 0 Å². The van der Waals surface area contributed by atoms with Crippen molar-refractivity contribution in [3.05, 3.63) is 47.7 Å². The van der Waals surface area contributed by atoms with E-state index in [0.29, 0.717) is 12.3 Å². The maximum Gasteiger partial charge on any atom is 0.230 e. The van der Waals surface area contributed by atoms with Crippen LogP contribution in [0.1, 0.15) is 43.5 Å². The van der Waals surface area contributed by atoms with Gasteiger partial charge in [-0.3, -0.25) is 4.90 Å². The van der Waals surface area contributed by atoms with E-state index in [1.54, 1.807) is 0 Å². The minimum atomic E-state index is 0.709. The van der Waals surface area contributed by atoms with Crippen LogP contribution in [0.5, 0.6) is 0 Å². The summed E-state index contributed by atoms with van der Waals surface area (Å²) in [6.45, 7) is 5.29. The third-order valence-corrected chi connectivity index (χ3v) is 5.37. The summed E-state index contributed by atoms with van der Waals surface area (Å²) in [7, 11) is 0. The van der Waals surface area contributed by atoms with Gasteiger partial charge in [-0.15, -0.1) is 10.2 Å². The molecule has 4 nitrogen and oxygen atoms in total. The van der Waals surface area contributed by atoms with E-state index in [9.17, 15) is 0 Å². The number of likely N-dealkylation sites (tertiary alicyclic amines) is 1. The summed E-state index contributed by atoms with van der Waals surface area (Å²) in [6.07, 6.45) is 4.64. The van der Waals surface area contributed by atoms with Crippen molar-refractivity contribution in [2.75, 3.05) is 18.8 Å². The van der Waals surface area contributed by atoms with E-state index in [-0.39, 0.29) is 0 Å². The van der Waals surface area contributed by atoms with Gasteiger partial charge in [0.1, 0.15) is 0 Å². The number of thioether (sulfide) groups is 1. The van der Waals surface area contributed by atoms with E-state index < -0.39 is 0 Å². The van der Waals surface area contributed by atoms with Crippen molar-refractivity contribution >= 4 is 11.8 Å². The Hall–Kier alpha value is -1.33. The summed E-state index contributed by atoms with van der Waals surface area (Å²) in [5, 5.41) is 9.19. The van der Waals surface area contributed by atoms with Gasteiger partial charge in [-0.05, 0) is 30.7 Å². The monoisotopic (exact) mass is 331 g/mol. The standard InChI is InChI=1S/C18H25N3OS/c1-2-23-16-10-6-7-11-21(13-16)14-18-20-19-17(22-18)12-15-8-4-3-5-9-15/h3-5,8-9,16H,2,6-7,10-14H2,1H3. The van der Waals surface area contributed by atoms with E-state index in [1.807, 2.05) is 18.2 Å². The highest BCUT2D eigenvalue weighted by Gasteiger charge is 2.20. The molecule has 0 spiro atoms. The molecule has 5 heteroatoms. The Balaban J connectivity index is 1.57. The number of benzene rings is 1. The van der Waals surface area contributed by atoms with Crippen molar-refractivity contribution in [1.29, 1.82) is 0 Å². The Morgan fingerprint density at radius 3 is 2.83 bits per heavy atom. The smallest absolute Gasteiger partial charge is 0.230 e. The van der Waals surface area contributed by atoms with Crippen LogP contribution in [-0.4, -0.2) is 39.2 Å². The second-order valence-corrected chi connectivity index (χ2v) is 7.64. The van der Waals surface area contributed by atoms with Gasteiger partial charge in [0, 0.05) is 11.8 Å². The number of nitrogens with zero attached hydrogens (tertiary/aromatic N) is 3. The van der Waals surface area contributed by atoms with Crippen LogP contribution in [-0.2, 0) is 13.0 Å².